The van der Waals surface area contributed by atoms with Crippen LogP contribution in [0.4, 0.5) is 11.4 Å². The fraction of sp³-hybridized carbons (Fsp3) is 0.0714. The maximum Gasteiger partial charge on any atom is 0.269 e. The molecule has 0 unspecified atom stereocenters. The highest BCUT2D eigenvalue weighted by Gasteiger charge is 2.10. The fourth-order valence-electron chi connectivity index (χ4n) is 4.03. The number of aliphatic imine (C=N–C) groups is 1. The lowest BCUT2D eigenvalue weighted by Crippen LogP contribution is -1.99. The molecule has 0 atom stereocenters. The second kappa shape index (κ2) is 9.56. The van der Waals surface area contributed by atoms with E-state index >= 15 is 0 Å². The number of pyridine rings is 1. The van der Waals surface area contributed by atoms with Gasteiger partial charge < -0.3 is 4.57 Å². The van der Waals surface area contributed by atoms with Crippen LogP contribution < -0.4 is 0 Å². The highest BCUT2D eigenvalue weighted by atomic mass is 32.2. The summed E-state index contributed by atoms with van der Waals surface area (Å²) in [6, 6.07) is 27.0. The second-order valence-corrected chi connectivity index (χ2v) is 9.29. The van der Waals surface area contributed by atoms with Gasteiger partial charge in [-0.15, -0.1) is 0 Å². The van der Waals surface area contributed by atoms with Crippen molar-refractivity contribution in [2.45, 2.75) is 23.6 Å². The topological polar surface area (TPSA) is 73.3 Å². The SMILES string of the molecule is Cc1cc(C=Nc2ccc(Sc3ccc([N+](=O)[O-])cc3)cc2)c(C)n1-c1ccc2ncccc2c1. The molecule has 3 aromatic carbocycles. The summed E-state index contributed by atoms with van der Waals surface area (Å²) in [5.41, 5.74) is 6.37. The molecular formula is C28H22N4O2S. The van der Waals surface area contributed by atoms with Crippen molar-refractivity contribution in [2.75, 3.05) is 0 Å². The van der Waals surface area contributed by atoms with Crippen LogP contribution in [0.2, 0.25) is 0 Å². The van der Waals surface area contributed by atoms with Crippen LogP contribution in [0, 0.1) is 24.0 Å². The van der Waals surface area contributed by atoms with Gasteiger partial charge in [0.25, 0.3) is 5.69 Å². The molecule has 172 valence electrons. The summed E-state index contributed by atoms with van der Waals surface area (Å²) in [6.07, 6.45) is 3.71. The number of hydrogen-bond donors (Lipinski definition) is 0. The van der Waals surface area contributed by atoms with E-state index in [1.165, 1.54) is 12.1 Å². The molecule has 0 aliphatic heterocycles. The van der Waals surface area contributed by atoms with Crippen molar-refractivity contribution in [1.29, 1.82) is 0 Å². The van der Waals surface area contributed by atoms with E-state index < -0.39 is 4.92 Å². The molecule has 0 saturated carbocycles. The van der Waals surface area contributed by atoms with E-state index in [0.29, 0.717) is 0 Å². The normalized spacial score (nSPS) is 11.4. The van der Waals surface area contributed by atoms with E-state index in [1.807, 2.05) is 48.8 Å². The predicted octanol–water partition coefficient (Wildman–Crippen LogP) is 7.45. The molecule has 0 fully saturated rings. The first-order chi connectivity index (χ1) is 17.0. The maximum absolute atomic E-state index is 10.8. The van der Waals surface area contributed by atoms with Gasteiger partial charge in [-0.25, -0.2) is 0 Å². The molecule has 0 N–H and O–H groups in total. The minimum Gasteiger partial charge on any atom is -0.318 e. The Bertz CT molecular complexity index is 1560. The van der Waals surface area contributed by atoms with Gasteiger partial charge in [-0.1, -0.05) is 17.8 Å². The average molecular weight is 479 g/mol. The van der Waals surface area contributed by atoms with E-state index in [1.54, 1.807) is 23.9 Å². The zero-order chi connectivity index (χ0) is 24.4. The number of aromatic nitrogens is 2. The number of non-ortho nitro benzene ring substituents is 1. The number of nitro groups is 1. The molecule has 5 rings (SSSR count). The lowest BCUT2D eigenvalue weighted by molar-refractivity contribution is -0.384. The maximum atomic E-state index is 10.8. The molecule has 6 nitrogen and oxygen atoms in total. The molecule has 0 aliphatic rings. The Morgan fingerprint density at radius 2 is 1.66 bits per heavy atom. The summed E-state index contributed by atoms with van der Waals surface area (Å²) >= 11 is 1.55. The third-order valence-electron chi connectivity index (χ3n) is 5.79. The van der Waals surface area contributed by atoms with Crippen molar-refractivity contribution in [3.05, 3.63) is 118 Å². The van der Waals surface area contributed by atoms with E-state index in [-0.39, 0.29) is 5.69 Å². The van der Waals surface area contributed by atoms with E-state index in [0.717, 1.165) is 49.0 Å². The Morgan fingerprint density at radius 1 is 0.943 bits per heavy atom. The summed E-state index contributed by atoms with van der Waals surface area (Å²) in [5.74, 6) is 0. The second-order valence-electron chi connectivity index (χ2n) is 8.15. The first kappa shape index (κ1) is 22.6. The van der Waals surface area contributed by atoms with Gasteiger partial charge in [-0.3, -0.25) is 20.1 Å². The van der Waals surface area contributed by atoms with Crippen LogP contribution in [0.5, 0.6) is 0 Å². The zero-order valence-electron chi connectivity index (χ0n) is 19.3. The average Bonchev–Trinajstić information content (AvgIpc) is 3.16. The number of rotatable bonds is 6. The predicted molar refractivity (Wildman–Crippen MR) is 141 cm³/mol. The number of hydrogen-bond acceptors (Lipinski definition) is 5. The highest BCUT2D eigenvalue weighted by Crippen LogP contribution is 2.30. The minimum absolute atomic E-state index is 0.0935. The molecule has 0 bridgehead atoms. The Morgan fingerprint density at radius 3 is 2.37 bits per heavy atom. The Hall–Kier alpha value is -4.23. The first-order valence-electron chi connectivity index (χ1n) is 11.1. The van der Waals surface area contributed by atoms with E-state index in [4.69, 9.17) is 0 Å². The summed E-state index contributed by atoms with van der Waals surface area (Å²) in [6.45, 7) is 4.20. The quantitative estimate of drug-likeness (QED) is 0.144. The Kier molecular flexibility index (Phi) is 6.16. The van der Waals surface area contributed by atoms with E-state index in [2.05, 4.69) is 52.7 Å². The molecule has 0 radical (unpaired) electrons. The summed E-state index contributed by atoms with van der Waals surface area (Å²) in [5, 5.41) is 11.9. The number of benzene rings is 3. The number of nitro benzene ring substituents is 1. The smallest absolute Gasteiger partial charge is 0.269 e. The van der Waals surface area contributed by atoms with E-state index in [9.17, 15) is 10.1 Å². The third-order valence-corrected chi connectivity index (χ3v) is 6.80. The van der Waals surface area contributed by atoms with Crippen molar-refractivity contribution in [2.24, 2.45) is 4.99 Å². The lowest BCUT2D eigenvalue weighted by Gasteiger charge is -2.10. The van der Waals surface area contributed by atoms with Gasteiger partial charge in [-0.2, -0.15) is 0 Å². The van der Waals surface area contributed by atoms with Crippen molar-refractivity contribution in [3.63, 3.8) is 0 Å². The van der Waals surface area contributed by atoms with Gasteiger partial charge in [0.05, 0.1) is 16.1 Å². The molecule has 2 aromatic heterocycles. The van der Waals surface area contributed by atoms with Crippen LogP contribution in [0.3, 0.4) is 0 Å². The molecule has 7 heteroatoms. The van der Waals surface area contributed by atoms with Crippen molar-refractivity contribution >= 4 is 40.3 Å². The lowest BCUT2D eigenvalue weighted by atomic mass is 10.2. The third kappa shape index (κ3) is 4.85. The molecule has 5 aromatic rings. The molecule has 0 spiro atoms. The zero-order valence-corrected chi connectivity index (χ0v) is 20.1. The molecule has 35 heavy (non-hydrogen) atoms. The molecular weight excluding hydrogens is 456 g/mol. The van der Waals surface area contributed by atoms with Gasteiger partial charge in [0.1, 0.15) is 0 Å². The Balaban J connectivity index is 1.33. The highest BCUT2D eigenvalue weighted by molar-refractivity contribution is 7.99. The first-order valence-corrected chi connectivity index (χ1v) is 11.9. The summed E-state index contributed by atoms with van der Waals surface area (Å²) < 4.78 is 2.23. The monoisotopic (exact) mass is 478 g/mol. The van der Waals surface area contributed by atoms with Gasteiger partial charge in [0, 0.05) is 62.4 Å². The van der Waals surface area contributed by atoms with Gasteiger partial charge in [-0.05, 0) is 80.6 Å². The van der Waals surface area contributed by atoms with Crippen LogP contribution in [0.1, 0.15) is 17.0 Å². The molecule has 2 heterocycles. The Labute approximate surface area is 207 Å². The van der Waals surface area contributed by atoms with Crippen LogP contribution >= 0.6 is 11.8 Å². The fourth-order valence-corrected chi connectivity index (χ4v) is 4.85. The molecule has 0 aliphatic carbocycles. The van der Waals surface area contributed by atoms with Gasteiger partial charge in [0.15, 0.2) is 0 Å². The summed E-state index contributed by atoms with van der Waals surface area (Å²) in [7, 11) is 0. The standard InChI is InChI=1S/C28H22N4O2S/c1-19-16-22(20(2)31(19)25-9-14-28-21(17-25)4-3-15-29-28)18-30-23-5-10-26(11-6-23)35-27-12-7-24(8-13-27)32(33)34/h3-18H,1-2H3. The minimum atomic E-state index is -0.391. The van der Waals surface area contributed by atoms with Crippen molar-refractivity contribution in [3.8, 4) is 5.69 Å². The van der Waals surface area contributed by atoms with Crippen LogP contribution in [0.15, 0.2) is 106 Å². The number of aryl methyl sites for hydroxylation is 1. The van der Waals surface area contributed by atoms with Crippen LogP contribution in [-0.4, -0.2) is 20.7 Å². The van der Waals surface area contributed by atoms with Crippen molar-refractivity contribution in [1.82, 2.24) is 9.55 Å². The summed E-state index contributed by atoms with van der Waals surface area (Å²) in [4.78, 5) is 21.5. The van der Waals surface area contributed by atoms with Crippen molar-refractivity contribution < 1.29 is 4.92 Å². The van der Waals surface area contributed by atoms with Gasteiger partial charge in [0.2, 0.25) is 0 Å². The number of nitrogens with zero attached hydrogens (tertiary/aromatic N) is 4. The van der Waals surface area contributed by atoms with Gasteiger partial charge >= 0.3 is 0 Å². The molecule has 0 saturated heterocycles. The largest absolute Gasteiger partial charge is 0.318 e. The molecule has 0 amide bonds. The van der Waals surface area contributed by atoms with Crippen LogP contribution in [-0.2, 0) is 0 Å². The van der Waals surface area contributed by atoms with Crippen LogP contribution in [0.25, 0.3) is 16.6 Å². The number of fused-ring (bicyclic) bond motifs is 1.